The first-order chi connectivity index (χ1) is 13.8. The highest BCUT2D eigenvalue weighted by molar-refractivity contribution is 6.33. The molecule has 0 atom stereocenters. The van der Waals surface area contributed by atoms with Gasteiger partial charge in [-0.3, -0.25) is 4.79 Å². The molecule has 1 fully saturated rings. The fourth-order valence-electron chi connectivity index (χ4n) is 3.61. The summed E-state index contributed by atoms with van der Waals surface area (Å²) in [5.74, 6) is 0.851. The number of hydrogen-bond donors (Lipinski definition) is 2. The SMILES string of the molecule is O=C(NC1CCC(CCNc2ccccn2)CC1)c1cc(C(F)(F)F)ccc1Cl. The molecule has 1 saturated carbocycles. The van der Waals surface area contributed by atoms with E-state index >= 15 is 0 Å². The van der Waals surface area contributed by atoms with Crippen molar-refractivity contribution in [1.29, 1.82) is 0 Å². The van der Waals surface area contributed by atoms with Crippen LogP contribution in [0.25, 0.3) is 0 Å². The topological polar surface area (TPSA) is 54.0 Å². The van der Waals surface area contributed by atoms with Crippen molar-refractivity contribution in [2.24, 2.45) is 5.92 Å². The summed E-state index contributed by atoms with van der Waals surface area (Å²) in [5, 5.41) is 6.15. The predicted molar refractivity (Wildman–Crippen MR) is 107 cm³/mol. The number of pyridine rings is 1. The van der Waals surface area contributed by atoms with Gasteiger partial charge < -0.3 is 10.6 Å². The van der Waals surface area contributed by atoms with E-state index in [1.807, 2.05) is 18.2 Å². The molecule has 0 bridgehead atoms. The molecule has 1 aliphatic carbocycles. The number of benzene rings is 1. The van der Waals surface area contributed by atoms with Gasteiger partial charge in [0.1, 0.15) is 5.82 Å². The Morgan fingerprint density at radius 3 is 2.55 bits per heavy atom. The number of nitrogens with zero attached hydrogens (tertiary/aromatic N) is 1. The minimum Gasteiger partial charge on any atom is -0.370 e. The summed E-state index contributed by atoms with van der Waals surface area (Å²) in [5.41, 5.74) is -1.01. The van der Waals surface area contributed by atoms with E-state index in [-0.39, 0.29) is 16.6 Å². The van der Waals surface area contributed by atoms with Crippen molar-refractivity contribution >= 4 is 23.3 Å². The standard InChI is InChI=1S/C21H23ClF3N3O/c22-18-9-6-15(21(23,24)25)13-17(18)20(29)28-16-7-4-14(5-8-16)10-12-27-19-3-1-2-11-26-19/h1-3,6,9,11,13-14,16H,4-5,7-8,10,12H2,(H,26,27)(H,28,29). The maximum Gasteiger partial charge on any atom is 0.416 e. The zero-order valence-electron chi connectivity index (χ0n) is 15.8. The number of anilines is 1. The van der Waals surface area contributed by atoms with Gasteiger partial charge in [0.25, 0.3) is 5.91 Å². The lowest BCUT2D eigenvalue weighted by molar-refractivity contribution is -0.137. The second-order valence-corrected chi connectivity index (χ2v) is 7.72. The molecule has 0 spiro atoms. The first-order valence-corrected chi connectivity index (χ1v) is 10.0. The molecule has 1 aromatic carbocycles. The summed E-state index contributed by atoms with van der Waals surface area (Å²) in [6.45, 7) is 0.832. The van der Waals surface area contributed by atoms with Crippen LogP contribution in [0.15, 0.2) is 42.6 Å². The first-order valence-electron chi connectivity index (χ1n) is 9.65. The van der Waals surface area contributed by atoms with E-state index in [1.54, 1.807) is 6.20 Å². The van der Waals surface area contributed by atoms with Gasteiger partial charge in [-0.2, -0.15) is 13.2 Å². The third-order valence-electron chi connectivity index (χ3n) is 5.24. The van der Waals surface area contributed by atoms with Crippen molar-refractivity contribution in [2.45, 2.75) is 44.3 Å². The number of carbonyl (C=O) groups is 1. The molecule has 1 amide bonds. The lowest BCUT2D eigenvalue weighted by Crippen LogP contribution is -2.38. The third-order valence-corrected chi connectivity index (χ3v) is 5.57. The van der Waals surface area contributed by atoms with E-state index in [9.17, 15) is 18.0 Å². The molecule has 8 heteroatoms. The molecule has 29 heavy (non-hydrogen) atoms. The van der Waals surface area contributed by atoms with Gasteiger partial charge in [0.15, 0.2) is 0 Å². The Balaban J connectivity index is 1.46. The number of amides is 1. The van der Waals surface area contributed by atoms with E-state index in [2.05, 4.69) is 15.6 Å². The smallest absolute Gasteiger partial charge is 0.370 e. The molecule has 1 heterocycles. The lowest BCUT2D eigenvalue weighted by Gasteiger charge is -2.29. The van der Waals surface area contributed by atoms with E-state index in [0.717, 1.165) is 62.7 Å². The average molecular weight is 426 g/mol. The van der Waals surface area contributed by atoms with Crippen LogP contribution >= 0.6 is 11.6 Å². The Morgan fingerprint density at radius 2 is 1.90 bits per heavy atom. The van der Waals surface area contributed by atoms with Crippen LogP contribution in [-0.2, 0) is 6.18 Å². The van der Waals surface area contributed by atoms with Gasteiger partial charge in [0.2, 0.25) is 0 Å². The second-order valence-electron chi connectivity index (χ2n) is 7.31. The van der Waals surface area contributed by atoms with Gasteiger partial charge in [0.05, 0.1) is 16.1 Å². The van der Waals surface area contributed by atoms with Crippen molar-refractivity contribution in [3.8, 4) is 0 Å². The highest BCUT2D eigenvalue weighted by Gasteiger charge is 2.32. The van der Waals surface area contributed by atoms with Gasteiger partial charge in [-0.1, -0.05) is 17.7 Å². The molecule has 0 unspecified atom stereocenters. The monoisotopic (exact) mass is 425 g/mol. The molecule has 4 nitrogen and oxygen atoms in total. The summed E-state index contributed by atoms with van der Waals surface area (Å²) in [4.78, 5) is 16.7. The highest BCUT2D eigenvalue weighted by Crippen LogP contribution is 2.32. The van der Waals surface area contributed by atoms with E-state index in [1.165, 1.54) is 0 Å². The van der Waals surface area contributed by atoms with Crippen molar-refractivity contribution in [3.63, 3.8) is 0 Å². The Kier molecular flexibility index (Phi) is 7.00. The Morgan fingerprint density at radius 1 is 1.14 bits per heavy atom. The van der Waals surface area contributed by atoms with Gasteiger partial charge in [-0.15, -0.1) is 0 Å². The molecule has 0 saturated heterocycles. The third kappa shape index (κ3) is 6.10. The summed E-state index contributed by atoms with van der Waals surface area (Å²) >= 11 is 5.95. The number of aromatic nitrogens is 1. The molecule has 1 aromatic heterocycles. The van der Waals surface area contributed by atoms with Crippen LogP contribution in [0, 0.1) is 5.92 Å². The molecular formula is C21H23ClF3N3O. The minimum atomic E-state index is -4.51. The fraction of sp³-hybridized carbons (Fsp3) is 0.429. The molecule has 1 aliphatic rings. The lowest BCUT2D eigenvalue weighted by atomic mass is 9.84. The van der Waals surface area contributed by atoms with Crippen LogP contribution in [0.3, 0.4) is 0 Å². The molecular weight excluding hydrogens is 403 g/mol. The van der Waals surface area contributed by atoms with Crippen LogP contribution in [0.2, 0.25) is 5.02 Å². The number of hydrogen-bond acceptors (Lipinski definition) is 3. The van der Waals surface area contributed by atoms with Gasteiger partial charge in [0, 0.05) is 18.8 Å². The molecule has 2 aromatic rings. The predicted octanol–water partition coefficient (Wildman–Crippen LogP) is 5.54. The molecule has 156 valence electrons. The summed E-state index contributed by atoms with van der Waals surface area (Å²) in [6, 6.07) is 8.48. The van der Waals surface area contributed by atoms with E-state index in [4.69, 9.17) is 11.6 Å². The Hall–Kier alpha value is -2.28. The number of rotatable bonds is 6. The number of carbonyl (C=O) groups excluding carboxylic acids is 1. The highest BCUT2D eigenvalue weighted by atomic mass is 35.5. The van der Waals surface area contributed by atoms with Crippen molar-refractivity contribution in [1.82, 2.24) is 10.3 Å². The maximum atomic E-state index is 12.9. The summed E-state index contributed by atoms with van der Waals surface area (Å²) < 4.78 is 38.7. The molecule has 3 rings (SSSR count). The summed E-state index contributed by atoms with van der Waals surface area (Å²) in [6.07, 6.45) is 1.77. The number of alkyl halides is 3. The molecule has 0 radical (unpaired) electrons. The van der Waals surface area contributed by atoms with Crippen molar-refractivity contribution < 1.29 is 18.0 Å². The van der Waals surface area contributed by atoms with Gasteiger partial charge in [-0.25, -0.2) is 4.98 Å². The van der Waals surface area contributed by atoms with Crippen LogP contribution in [0.4, 0.5) is 19.0 Å². The minimum absolute atomic E-state index is 0.0183. The summed E-state index contributed by atoms with van der Waals surface area (Å²) in [7, 11) is 0. The van der Waals surface area contributed by atoms with Crippen LogP contribution in [0.5, 0.6) is 0 Å². The van der Waals surface area contributed by atoms with Gasteiger partial charge in [-0.05, 0) is 68.4 Å². The zero-order valence-corrected chi connectivity index (χ0v) is 16.6. The largest absolute Gasteiger partial charge is 0.416 e. The van der Waals surface area contributed by atoms with Crippen LogP contribution < -0.4 is 10.6 Å². The number of halogens is 4. The molecule has 0 aliphatic heterocycles. The number of nitrogens with one attached hydrogen (secondary N) is 2. The first kappa shape index (κ1) is 21.4. The van der Waals surface area contributed by atoms with E-state index < -0.39 is 17.6 Å². The Labute approximate surface area is 172 Å². The van der Waals surface area contributed by atoms with E-state index in [0.29, 0.717) is 5.92 Å². The molecule has 2 N–H and O–H groups in total. The normalized spacial score (nSPS) is 19.6. The second kappa shape index (κ2) is 9.48. The average Bonchev–Trinajstić information content (AvgIpc) is 2.69. The van der Waals surface area contributed by atoms with Crippen LogP contribution in [0.1, 0.15) is 48.0 Å². The Bertz CT molecular complexity index is 822. The maximum absolute atomic E-state index is 12.9. The van der Waals surface area contributed by atoms with Crippen molar-refractivity contribution in [3.05, 3.63) is 58.7 Å². The quantitative estimate of drug-likeness (QED) is 0.638. The van der Waals surface area contributed by atoms with Gasteiger partial charge >= 0.3 is 6.18 Å². The van der Waals surface area contributed by atoms with Crippen LogP contribution in [-0.4, -0.2) is 23.5 Å². The fourth-order valence-corrected chi connectivity index (χ4v) is 3.81. The van der Waals surface area contributed by atoms with Crippen molar-refractivity contribution in [2.75, 3.05) is 11.9 Å². The zero-order chi connectivity index (χ0) is 20.9.